The van der Waals surface area contributed by atoms with Crippen LogP contribution in [-0.2, 0) is 6.54 Å². The average Bonchev–Trinajstić information content (AvgIpc) is 2.98. The van der Waals surface area contributed by atoms with Gasteiger partial charge >= 0.3 is 0 Å². The van der Waals surface area contributed by atoms with Crippen LogP contribution in [0.2, 0.25) is 5.02 Å². The normalized spacial score (nSPS) is 16.1. The predicted molar refractivity (Wildman–Crippen MR) is 90.8 cm³/mol. The molecule has 0 spiro atoms. The number of rotatable bonds is 4. The molecule has 0 unspecified atom stereocenters. The lowest BCUT2D eigenvalue weighted by atomic mass is 9.96. The van der Waals surface area contributed by atoms with Gasteiger partial charge in [-0.25, -0.2) is 0 Å². The smallest absolute Gasteiger partial charge is 0.0815 e. The van der Waals surface area contributed by atoms with E-state index < -0.39 is 0 Å². The van der Waals surface area contributed by atoms with Crippen LogP contribution in [0.5, 0.6) is 0 Å². The van der Waals surface area contributed by atoms with E-state index in [2.05, 4.69) is 38.2 Å². The fourth-order valence-electron chi connectivity index (χ4n) is 2.82. The number of aromatic nitrogens is 2. The molecule has 0 aliphatic heterocycles. The van der Waals surface area contributed by atoms with E-state index in [0.29, 0.717) is 11.1 Å². The van der Waals surface area contributed by atoms with Crippen LogP contribution in [0.3, 0.4) is 0 Å². The first-order valence-electron chi connectivity index (χ1n) is 7.45. The van der Waals surface area contributed by atoms with E-state index in [-0.39, 0.29) is 0 Å². The third-order valence-corrected chi connectivity index (χ3v) is 5.24. The van der Waals surface area contributed by atoms with Gasteiger partial charge in [0.1, 0.15) is 0 Å². The molecule has 3 nitrogen and oxygen atoms in total. The highest BCUT2D eigenvalue weighted by Gasteiger charge is 2.15. The maximum atomic E-state index is 6.09. The van der Waals surface area contributed by atoms with Gasteiger partial charge in [0, 0.05) is 16.4 Å². The molecule has 5 heteroatoms. The molecule has 1 aliphatic carbocycles. The van der Waals surface area contributed by atoms with Crippen LogP contribution in [-0.4, -0.2) is 9.78 Å². The van der Waals surface area contributed by atoms with Crippen molar-refractivity contribution in [1.29, 1.82) is 0 Å². The van der Waals surface area contributed by atoms with Crippen molar-refractivity contribution in [1.82, 2.24) is 9.78 Å². The first kappa shape index (κ1) is 14.9. The highest BCUT2D eigenvalue weighted by atomic mass is 79.9. The number of anilines is 1. The summed E-state index contributed by atoms with van der Waals surface area (Å²) < 4.78 is 3.06. The summed E-state index contributed by atoms with van der Waals surface area (Å²) in [5.74, 6) is 0. The molecule has 21 heavy (non-hydrogen) atoms. The summed E-state index contributed by atoms with van der Waals surface area (Å²) in [6, 6.07) is 8.57. The van der Waals surface area contributed by atoms with Crippen molar-refractivity contribution in [3.63, 3.8) is 0 Å². The monoisotopic (exact) mass is 367 g/mol. The highest BCUT2D eigenvalue weighted by molar-refractivity contribution is 9.10. The minimum atomic E-state index is 0.592. The summed E-state index contributed by atoms with van der Waals surface area (Å²) in [6.07, 6.45) is 8.66. The van der Waals surface area contributed by atoms with Crippen molar-refractivity contribution < 1.29 is 0 Å². The first-order valence-corrected chi connectivity index (χ1v) is 8.62. The zero-order valence-electron chi connectivity index (χ0n) is 11.9. The summed E-state index contributed by atoms with van der Waals surface area (Å²) in [5.41, 5.74) is 2.08. The van der Waals surface area contributed by atoms with E-state index in [4.69, 9.17) is 16.7 Å². The van der Waals surface area contributed by atoms with Gasteiger partial charge in [-0.3, -0.25) is 4.68 Å². The number of nitrogens with one attached hydrogen (secondary N) is 1. The van der Waals surface area contributed by atoms with Crippen molar-refractivity contribution in [3.05, 3.63) is 45.7 Å². The van der Waals surface area contributed by atoms with Crippen molar-refractivity contribution >= 4 is 33.2 Å². The Hall–Kier alpha value is -1.00. The fourth-order valence-corrected chi connectivity index (χ4v) is 3.25. The van der Waals surface area contributed by atoms with Gasteiger partial charge in [-0.1, -0.05) is 30.9 Å². The Bertz CT molecular complexity index is 605. The number of hydrogen-bond donors (Lipinski definition) is 1. The standard InChI is InChI=1S/C16H19BrClN3/c17-15-7-6-12(10-16(15)18)19-11-13-8-9-21(20-13)14-4-2-1-3-5-14/h6-10,14,19H,1-5,11H2. The van der Waals surface area contributed by atoms with Crippen LogP contribution in [0.4, 0.5) is 5.69 Å². The van der Waals surface area contributed by atoms with E-state index in [1.54, 1.807) is 0 Å². The Kier molecular flexibility index (Phi) is 4.86. The number of hydrogen-bond acceptors (Lipinski definition) is 2. The Morgan fingerprint density at radius 2 is 2.05 bits per heavy atom. The van der Waals surface area contributed by atoms with Crippen LogP contribution in [0.15, 0.2) is 34.9 Å². The second-order valence-electron chi connectivity index (χ2n) is 5.56. The van der Waals surface area contributed by atoms with Crippen LogP contribution < -0.4 is 5.32 Å². The quantitative estimate of drug-likeness (QED) is 0.781. The van der Waals surface area contributed by atoms with E-state index >= 15 is 0 Å². The predicted octanol–water partition coefficient (Wildman–Crippen LogP) is 5.42. The van der Waals surface area contributed by atoms with Gasteiger partial charge in [-0.15, -0.1) is 0 Å². The molecule has 3 rings (SSSR count). The van der Waals surface area contributed by atoms with Crippen LogP contribution in [0, 0.1) is 0 Å². The van der Waals surface area contributed by atoms with E-state index in [9.17, 15) is 0 Å². The van der Waals surface area contributed by atoms with Crippen LogP contribution >= 0.6 is 27.5 Å². The average molecular weight is 369 g/mol. The lowest BCUT2D eigenvalue weighted by Gasteiger charge is -2.21. The second kappa shape index (κ2) is 6.84. The molecule has 1 aromatic carbocycles. The summed E-state index contributed by atoms with van der Waals surface area (Å²) in [6.45, 7) is 0.720. The topological polar surface area (TPSA) is 29.9 Å². The minimum absolute atomic E-state index is 0.592. The molecular weight excluding hydrogens is 350 g/mol. The molecule has 0 radical (unpaired) electrons. The van der Waals surface area contributed by atoms with E-state index in [0.717, 1.165) is 22.4 Å². The maximum absolute atomic E-state index is 6.09. The highest BCUT2D eigenvalue weighted by Crippen LogP contribution is 2.28. The lowest BCUT2D eigenvalue weighted by Crippen LogP contribution is -2.13. The minimum Gasteiger partial charge on any atom is -0.379 e. The number of halogens is 2. The van der Waals surface area contributed by atoms with Crippen molar-refractivity contribution in [2.24, 2.45) is 0 Å². The zero-order chi connectivity index (χ0) is 14.7. The van der Waals surface area contributed by atoms with Crippen molar-refractivity contribution in [2.45, 2.75) is 44.7 Å². The second-order valence-corrected chi connectivity index (χ2v) is 6.82. The Morgan fingerprint density at radius 3 is 2.81 bits per heavy atom. The van der Waals surface area contributed by atoms with Gasteiger partial charge in [0.2, 0.25) is 0 Å². The van der Waals surface area contributed by atoms with Gasteiger partial charge < -0.3 is 5.32 Å². The molecule has 0 amide bonds. The summed E-state index contributed by atoms with van der Waals surface area (Å²) in [5, 5.41) is 8.78. The number of benzene rings is 1. The molecule has 0 saturated heterocycles. The molecule has 1 fully saturated rings. The first-order chi connectivity index (χ1) is 10.2. The SMILES string of the molecule is Clc1cc(NCc2ccn(C3CCCCC3)n2)ccc1Br. The fraction of sp³-hybridized carbons (Fsp3) is 0.438. The zero-order valence-corrected chi connectivity index (χ0v) is 14.2. The Labute approximate surface area is 138 Å². The molecule has 1 N–H and O–H groups in total. The van der Waals surface area contributed by atoms with Gasteiger partial charge in [0.05, 0.1) is 23.3 Å². The summed E-state index contributed by atoms with van der Waals surface area (Å²) in [4.78, 5) is 0. The van der Waals surface area contributed by atoms with Crippen LogP contribution in [0.25, 0.3) is 0 Å². The molecule has 0 atom stereocenters. The molecule has 1 heterocycles. The molecule has 0 bridgehead atoms. The lowest BCUT2D eigenvalue weighted by molar-refractivity contribution is 0.328. The Balaban J connectivity index is 1.60. The van der Waals surface area contributed by atoms with Crippen LogP contribution in [0.1, 0.15) is 43.8 Å². The molecular formula is C16H19BrClN3. The summed E-state index contributed by atoms with van der Waals surface area (Å²) in [7, 11) is 0. The van der Waals surface area contributed by atoms with E-state index in [1.807, 2.05) is 18.2 Å². The third kappa shape index (κ3) is 3.80. The molecule has 1 saturated carbocycles. The Morgan fingerprint density at radius 1 is 1.24 bits per heavy atom. The third-order valence-electron chi connectivity index (χ3n) is 4.01. The number of nitrogens with zero attached hydrogens (tertiary/aromatic N) is 2. The molecule has 1 aliphatic rings. The molecule has 112 valence electrons. The molecule has 1 aromatic heterocycles. The van der Waals surface area contributed by atoms with Gasteiger partial charge in [-0.05, 0) is 53.0 Å². The van der Waals surface area contributed by atoms with Crippen molar-refractivity contribution in [3.8, 4) is 0 Å². The largest absolute Gasteiger partial charge is 0.379 e. The maximum Gasteiger partial charge on any atom is 0.0815 e. The molecule has 2 aromatic rings. The van der Waals surface area contributed by atoms with Crippen molar-refractivity contribution in [2.75, 3.05) is 5.32 Å². The van der Waals surface area contributed by atoms with Gasteiger partial charge in [-0.2, -0.15) is 5.10 Å². The van der Waals surface area contributed by atoms with Gasteiger partial charge in [0.25, 0.3) is 0 Å². The van der Waals surface area contributed by atoms with E-state index in [1.165, 1.54) is 32.1 Å². The summed E-state index contributed by atoms with van der Waals surface area (Å²) >= 11 is 9.49. The van der Waals surface area contributed by atoms with Gasteiger partial charge in [0.15, 0.2) is 0 Å².